The second-order valence-corrected chi connectivity index (χ2v) is 3.92. The Morgan fingerprint density at radius 3 is 2.62 bits per heavy atom. The summed E-state index contributed by atoms with van der Waals surface area (Å²) in [5.74, 6) is 0. The first-order chi connectivity index (χ1) is 6.33. The molecular formula is C10H16N2S. The summed E-state index contributed by atoms with van der Waals surface area (Å²) >= 11 is 1.66. The molecule has 0 aromatic heterocycles. The first-order valence-electron chi connectivity index (χ1n) is 4.49. The smallest absolute Gasteiger partial charge is 0.0228 e. The normalized spacial score (nSPS) is 10.3. The second-order valence-electron chi connectivity index (χ2n) is 2.95. The maximum atomic E-state index is 5.38. The van der Waals surface area contributed by atoms with E-state index >= 15 is 0 Å². The minimum Gasteiger partial charge on any atom is -0.330 e. The molecule has 0 bridgehead atoms. The highest BCUT2D eigenvalue weighted by Gasteiger charge is 1.91. The fraction of sp³-hybridized carbons (Fsp3) is 0.400. The Balaban J connectivity index is 2.25. The molecule has 1 aromatic rings. The van der Waals surface area contributed by atoms with Crippen molar-refractivity contribution >= 4 is 11.9 Å². The van der Waals surface area contributed by atoms with Crippen molar-refractivity contribution in [2.75, 3.05) is 13.1 Å². The maximum absolute atomic E-state index is 5.38. The van der Waals surface area contributed by atoms with Crippen molar-refractivity contribution in [3.05, 3.63) is 29.8 Å². The van der Waals surface area contributed by atoms with Gasteiger partial charge in [-0.25, -0.2) is 0 Å². The van der Waals surface area contributed by atoms with Crippen LogP contribution in [0.1, 0.15) is 12.0 Å². The van der Waals surface area contributed by atoms with Gasteiger partial charge in [0.2, 0.25) is 0 Å². The van der Waals surface area contributed by atoms with Crippen LogP contribution >= 0.6 is 11.9 Å². The van der Waals surface area contributed by atoms with Crippen molar-refractivity contribution in [2.24, 2.45) is 5.73 Å². The van der Waals surface area contributed by atoms with Crippen LogP contribution in [0.4, 0.5) is 0 Å². The third-order valence-electron chi connectivity index (χ3n) is 1.69. The predicted octanol–water partition coefficient (Wildman–Crippen LogP) is 1.94. The minimum absolute atomic E-state index is 0.751. The van der Waals surface area contributed by atoms with Crippen molar-refractivity contribution in [3.8, 4) is 0 Å². The summed E-state index contributed by atoms with van der Waals surface area (Å²) in [7, 11) is 0. The van der Waals surface area contributed by atoms with Crippen LogP contribution in [0.3, 0.4) is 0 Å². The SMILES string of the molecule is Cc1ccc(SNCCCN)cc1. The van der Waals surface area contributed by atoms with E-state index < -0.39 is 0 Å². The molecule has 0 saturated carbocycles. The van der Waals surface area contributed by atoms with Crippen LogP contribution in [0.5, 0.6) is 0 Å². The quantitative estimate of drug-likeness (QED) is 0.558. The lowest BCUT2D eigenvalue weighted by atomic mass is 10.2. The summed E-state index contributed by atoms with van der Waals surface area (Å²) in [6.07, 6.45) is 1.03. The highest BCUT2D eigenvalue weighted by atomic mass is 32.2. The van der Waals surface area contributed by atoms with Gasteiger partial charge in [0.25, 0.3) is 0 Å². The molecule has 0 fully saturated rings. The maximum Gasteiger partial charge on any atom is 0.0228 e. The molecule has 0 aliphatic heterocycles. The lowest BCUT2D eigenvalue weighted by Crippen LogP contribution is -2.10. The predicted molar refractivity (Wildman–Crippen MR) is 58.7 cm³/mol. The van der Waals surface area contributed by atoms with E-state index in [-0.39, 0.29) is 0 Å². The monoisotopic (exact) mass is 196 g/mol. The molecule has 1 aromatic carbocycles. The van der Waals surface area contributed by atoms with E-state index in [1.54, 1.807) is 11.9 Å². The average Bonchev–Trinajstić information content (AvgIpc) is 2.15. The molecule has 0 aliphatic rings. The molecule has 0 saturated heterocycles. The van der Waals surface area contributed by atoms with E-state index in [0.29, 0.717) is 0 Å². The number of hydrogen-bond acceptors (Lipinski definition) is 3. The Hall–Kier alpha value is -0.510. The fourth-order valence-corrected chi connectivity index (χ4v) is 1.60. The van der Waals surface area contributed by atoms with Gasteiger partial charge in [0.15, 0.2) is 0 Å². The van der Waals surface area contributed by atoms with Crippen molar-refractivity contribution < 1.29 is 0 Å². The molecule has 0 aliphatic carbocycles. The van der Waals surface area contributed by atoms with Crippen LogP contribution in [0.2, 0.25) is 0 Å². The lowest BCUT2D eigenvalue weighted by Gasteiger charge is -2.02. The van der Waals surface area contributed by atoms with Crippen molar-refractivity contribution in [2.45, 2.75) is 18.2 Å². The zero-order valence-electron chi connectivity index (χ0n) is 7.92. The topological polar surface area (TPSA) is 38.0 Å². The highest BCUT2D eigenvalue weighted by molar-refractivity contribution is 7.97. The third-order valence-corrected chi connectivity index (χ3v) is 2.55. The van der Waals surface area contributed by atoms with Gasteiger partial charge >= 0.3 is 0 Å². The molecular weight excluding hydrogens is 180 g/mol. The third kappa shape index (κ3) is 4.31. The average molecular weight is 196 g/mol. The molecule has 2 nitrogen and oxygen atoms in total. The van der Waals surface area contributed by atoms with Crippen molar-refractivity contribution in [3.63, 3.8) is 0 Å². The molecule has 0 radical (unpaired) electrons. The van der Waals surface area contributed by atoms with Crippen LogP contribution in [-0.2, 0) is 0 Å². The van der Waals surface area contributed by atoms with Gasteiger partial charge in [-0.1, -0.05) is 17.7 Å². The van der Waals surface area contributed by atoms with E-state index in [2.05, 4.69) is 35.9 Å². The second kappa shape index (κ2) is 6.02. The zero-order valence-corrected chi connectivity index (χ0v) is 8.73. The standard InChI is InChI=1S/C10H16N2S/c1-9-3-5-10(6-4-9)13-12-8-2-7-11/h3-6,12H,2,7-8,11H2,1H3. The van der Waals surface area contributed by atoms with Crippen molar-refractivity contribution in [1.29, 1.82) is 0 Å². The number of aryl methyl sites for hydroxylation is 1. The molecule has 13 heavy (non-hydrogen) atoms. The van der Waals surface area contributed by atoms with Crippen LogP contribution in [-0.4, -0.2) is 13.1 Å². The van der Waals surface area contributed by atoms with Crippen LogP contribution in [0.25, 0.3) is 0 Å². The van der Waals surface area contributed by atoms with Crippen LogP contribution < -0.4 is 10.5 Å². The number of nitrogens with one attached hydrogen (secondary N) is 1. The Kier molecular flexibility index (Phi) is 4.90. The summed E-state index contributed by atoms with van der Waals surface area (Å²) < 4.78 is 3.26. The summed E-state index contributed by atoms with van der Waals surface area (Å²) in [6, 6.07) is 8.48. The fourth-order valence-electron chi connectivity index (χ4n) is 0.915. The first kappa shape index (κ1) is 10.6. The molecule has 0 atom stereocenters. The number of benzene rings is 1. The molecule has 3 heteroatoms. The Labute approximate surface area is 84.0 Å². The molecule has 72 valence electrons. The van der Waals surface area contributed by atoms with Gasteiger partial charge in [0, 0.05) is 11.4 Å². The Morgan fingerprint density at radius 1 is 1.31 bits per heavy atom. The molecule has 0 unspecified atom stereocenters. The van der Waals surface area contributed by atoms with Crippen LogP contribution in [0, 0.1) is 6.92 Å². The number of hydrogen-bond donors (Lipinski definition) is 2. The molecule has 0 heterocycles. The summed E-state index contributed by atoms with van der Waals surface area (Å²) in [5, 5.41) is 0. The largest absolute Gasteiger partial charge is 0.330 e. The van der Waals surface area contributed by atoms with Gasteiger partial charge in [0.05, 0.1) is 0 Å². The minimum atomic E-state index is 0.751. The van der Waals surface area contributed by atoms with Gasteiger partial charge in [-0.15, -0.1) is 0 Å². The number of rotatable bonds is 5. The molecule has 0 spiro atoms. The van der Waals surface area contributed by atoms with Gasteiger partial charge in [-0.2, -0.15) is 0 Å². The lowest BCUT2D eigenvalue weighted by molar-refractivity contribution is 0.809. The van der Waals surface area contributed by atoms with E-state index in [9.17, 15) is 0 Å². The van der Waals surface area contributed by atoms with E-state index in [0.717, 1.165) is 19.5 Å². The van der Waals surface area contributed by atoms with Crippen molar-refractivity contribution in [1.82, 2.24) is 4.72 Å². The van der Waals surface area contributed by atoms with Gasteiger partial charge in [-0.3, -0.25) is 4.72 Å². The highest BCUT2D eigenvalue weighted by Crippen LogP contribution is 2.14. The van der Waals surface area contributed by atoms with Crippen LogP contribution in [0.15, 0.2) is 29.2 Å². The van der Waals surface area contributed by atoms with Gasteiger partial charge in [-0.05, 0) is 44.0 Å². The van der Waals surface area contributed by atoms with E-state index in [1.807, 2.05) is 0 Å². The summed E-state index contributed by atoms with van der Waals surface area (Å²) in [4.78, 5) is 1.25. The molecule has 1 rings (SSSR count). The van der Waals surface area contributed by atoms with Gasteiger partial charge in [0.1, 0.15) is 0 Å². The zero-order chi connectivity index (χ0) is 9.52. The van der Waals surface area contributed by atoms with E-state index in [1.165, 1.54) is 10.5 Å². The van der Waals surface area contributed by atoms with E-state index in [4.69, 9.17) is 5.73 Å². The molecule has 0 amide bonds. The Morgan fingerprint density at radius 2 is 2.00 bits per heavy atom. The Bertz CT molecular complexity index is 233. The first-order valence-corrected chi connectivity index (χ1v) is 5.31. The summed E-state index contributed by atoms with van der Waals surface area (Å²) in [5.41, 5.74) is 6.68. The summed E-state index contributed by atoms with van der Waals surface area (Å²) in [6.45, 7) is 3.81. The number of nitrogens with two attached hydrogens (primary N) is 1. The van der Waals surface area contributed by atoms with Gasteiger partial charge < -0.3 is 5.73 Å². The molecule has 3 N–H and O–H groups in total.